The Hall–Kier alpha value is -2.08. The van der Waals surface area contributed by atoms with E-state index in [1.165, 1.54) is 18.2 Å². The summed E-state index contributed by atoms with van der Waals surface area (Å²) in [6, 6.07) is 7.45. The summed E-state index contributed by atoms with van der Waals surface area (Å²) >= 11 is 1.37. The molecule has 1 aliphatic carbocycles. The third-order valence-electron chi connectivity index (χ3n) is 5.36. The lowest BCUT2D eigenvalue weighted by Crippen LogP contribution is -2.33. The summed E-state index contributed by atoms with van der Waals surface area (Å²) in [5.74, 6) is 0.366. The Kier molecular flexibility index (Phi) is 6.94. The Morgan fingerprint density at radius 3 is 2.75 bits per heavy atom. The molecule has 1 amide bonds. The third kappa shape index (κ3) is 4.32. The van der Waals surface area contributed by atoms with Crippen LogP contribution < -0.4 is 5.56 Å². The van der Waals surface area contributed by atoms with Gasteiger partial charge in [-0.2, -0.15) is 0 Å². The molecule has 2 aromatic rings. The van der Waals surface area contributed by atoms with Gasteiger partial charge in [-0.1, -0.05) is 36.9 Å². The molecule has 0 unspecified atom stereocenters. The van der Waals surface area contributed by atoms with E-state index in [9.17, 15) is 9.59 Å². The third-order valence-corrected chi connectivity index (χ3v) is 6.30. The predicted octanol–water partition coefficient (Wildman–Crippen LogP) is 4.77. The zero-order valence-electron chi connectivity index (χ0n) is 17.0. The summed E-state index contributed by atoms with van der Waals surface area (Å²) in [5, 5.41) is 1.25. The molecule has 28 heavy (non-hydrogen) atoms. The Bertz CT molecular complexity index is 935. The van der Waals surface area contributed by atoms with Gasteiger partial charge < -0.3 is 4.90 Å². The molecule has 6 heteroatoms. The minimum atomic E-state index is -0.0303. The molecule has 1 aliphatic rings. The highest BCUT2D eigenvalue weighted by atomic mass is 32.2. The number of carbonyl (C=O) groups is 1. The summed E-state index contributed by atoms with van der Waals surface area (Å²) < 4.78 is 1.75. The van der Waals surface area contributed by atoms with Gasteiger partial charge in [-0.05, 0) is 58.1 Å². The van der Waals surface area contributed by atoms with Gasteiger partial charge in [0, 0.05) is 18.3 Å². The van der Waals surface area contributed by atoms with Gasteiger partial charge in [0.05, 0.1) is 16.7 Å². The molecule has 0 radical (unpaired) electrons. The molecule has 0 N–H and O–H groups in total. The quantitative estimate of drug-likeness (QED) is 0.497. The van der Waals surface area contributed by atoms with Crippen molar-refractivity contribution in [2.24, 2.45) is 0 Å². The van der Waals surface area contributed by atoms with Crippen LogP contribution >= 0.6 is 11.8 Å². The van der Waals surface area contributed by atoms with Crippen LogP contribution in [-0.4, -0.2) is 32.7 Å². The number of allylic oxidation sites excluding steroid dienone is 2. The first-order chi connectivity index (χ1) is 13.6. The molecule has 1 atom stereocenters. The number of thioether (sulfide) groups is 1. The van der Waals surface area contributed by atoms with Crippen LogP contribution in [0.3, 0.4) is 0 Å². The van der Waals surface area contributed by atoms with Crippen LogP contribution in [0.2, 0.25) is 0 Å². The van der Waals surface area contributed by atoms with E-state index in [-0.39, 0.29) is 23.3 Å². The second-order valence-corrected chi connectivity index (χ2v) is 8.15. The van der Waals surface area contributed by atoms with Crippen LogP contribution in [0.25, 0.3) is 10.9 Å². The molecule has 1 aromatic heterocycles. The number of carbonyl (C=O) groups excluding carboxylic acids is 1. The molecule has 1 aromatic carbocycles. The first-order valence-corrected chi connectivity index (χ1v) is 11.2. The van der Waals surface area contributed by atoms with E-state index < -0.39 is 0 Å². The van der Waals surface area contributed by atoms with Crippen molar-refractivity contribution in [3.05, 3.63) is 46.4 Å². The molecular weight excluding hydrogens is 370 g/mol. The van der Waals surface area contributed by atoms with Crippen molar-refractivity contribution in [1.82, 2.24) is 14.5 Å². The van der Waals surface area contributed by atoms with Crippen molar-refractivity contribution < 1.29 is 4.79 Å². The highest BCUT2D eigenvalue weighted by Crippen LogP contribution is 2.25. The lowest BCUT2D eigenvalue weighted by Gasteiger charge is -2.26. The van der Waals surface area contributed by atoms with Gasteiger partial charge in [0.1, 0.15) is 0 Å². The highest BCUT2D eigenvalue weighted by molar-refractivity contribution is 7.99. The smallest absolute Gasteiger partial charge is 0.262 e. The Labute approximate surface area is 170 Å². The Morgan fingerprint density at radius 2 is 2.07 bits per heavy atom. The fourth-order valence-electron chi connectivity index (χ4n) is 3.61. The van der Waals surface area contributed by atoms with Crippen LogP contribution in [0.4, 0.5) is 0 Å². The number of fused-ring (bicyclic) bond motifs is 1. The van der Waals surface area contributed by atoms with Crippen molar-refractivity contribution in [3.63, 3.8) is 0 Å². The monoisotopic (exact) mass is 399 g/mol. The number of hydrogen-bond donors (Lipinski definition) is 0. The van der Waals surface area contributed by atoms with Crippen LogP contribution in [0, 0.1) is 0 Å². The van der Waals surface area contributed by atoms with Crippen molar-refractivity contribution >= 4 is 28.6 Å². The summed E-state index contributed by atoms with van der Waals surface area (Å²) in [5.41, 5.74) is 1.80. The zero-order chi connectivity index (χ0) is 20.1. The highest BCUT2D eigenvalue weighted by Gasteiger charge is 2.21. The summed E-state index contributed by atoms with van der Waals surface area (Å²) in [6.07, 6.45) is 7.38. The van der Waals surface area contributed by atoms with E-state index in [0.29, 0.717) is 22.6 Å². The van der Waals surface area contributed by atoms with E-state index >= 15 is 0 Å². The van der Waals surface area contributed by atoms with E-state index in [2.05, 4.69) is 13.0 Å². The van der Waals surface area contributed by atoms with Crippen molar-refractivity contribution in [2.45, 2.75) is 64.1 Å². The van der Waals surface area contributed by atoms with E-state index in [1.807, 2.05) is 43.0 Å². The van der Waals surface area contributed by atoms with Gasteiger partial charge in [0.25, 0.3) is 5.56 Å². The normalized spacial score (nSPS) is 15.3. The van der Waals surface area contributed by atoms with Crippen LogP contribution in [0.5, 0.6) is 0 Å². The molecule has 0 bridgehead atoms. The van der Waals surface area contributed by atoms with Gasteiger partial charge in [-0.25, -0.2) is 4.98 Å². The van der Waals surface area contributed by atoms with E-state index in [0.717, 1.165) is 31.4 Å². The maximum atomic E-state index is 13.0. The van der Waals surface area contributed by atoms with Gasteiger partial charge in [-0.15, -0.1) is 0 Å². The second kappa shape index (κ2) is 9.41. The summed E-state index contributed by atoms with van der Waals surface area (Å²) in [6.45, 7) is 6.77. The number of nitrogens with zero attached hydrogens (tertiary/aromatic N) is 3. The fraction of sp³-hybridized carbons (Fsp3) is 0.500. The van der Waals surface area contributed by atoms with Gasteiger partial charge in [0.15, 0.2) is 5.16 Å². The zero-order valence-corrected chi connectivity index (χ0v) is 17.8. The topological polar surface area (TPSA) is 55.2 Å². The first-order valence-electron chi connectivity index (χ1n) is 10.2. The second-order valence-electron chi connectivity index (χ2n) is 7.21. The number of hydrogen-bond acceptors (Lipinski definition) is 4. The molecular formula is C22H29N3O2S. The number of rotatable bonds is 7. The first kappa shape index (κ1) is 20.6. The molecule has 3 rings (SSSR count). The van der Waals surface area contributed by atoms with Gasteiger partial charge >= 0.3 is 0 Å². The van der Waals surface area contributed by atoms with Crippen molar-refractivity contribution in [1.29, 1.82) is 0 Å². The molecule has 0 saturated carbocycles. The molecule has 0 spiro atoms. The lowest BCUT2D eigenvalue weighted by atomic mass is 10.0. The molecule has 0 saturated heterocycles. The minimum absolute atomic E-state index is 0.0303. The minimum Gasteiger partial charge on any atom is -0.316 e. The van der Waals surface area contributed by atoms with Crippen molar-refractivity contribution in [3.8, 4) is 0 Å². The van der Waals surface area contributed by atoms with Crippen LogP contribution in [0.15, 0.2) is 46.0 Å². The number of para-hydroxylation sites is 1. The average molecular weight is 400 g/mol. The Morgan fingerprint density at radius 1 is 1.29 bits per heavy atom. The van der Waals surface area contributed by atoms with Crippen molar-refractivity contribution in [2.75, 3.05) is 12.3 Å². The largest absolute Gasteiger partial charge is 0.316 e. The number of aromatic nitrogens is 2. The lowest BCUT2D eigenvalue weighted by molar-refractivity contribution is -0.126. The summed E-state index contributed by atoms with van der Waals surface area (Å²) in [4.78, 5) is 32.5. The van der Waals surface area contributed by atoms with Gasteiger partial charge in [0.2, 0.25) is 5.91 Å². The molecule has 0 fully saturated rings. The van der Waals surface area contributed by atoms with E-state index in [1.54, 1.807) is 4.57 Å². The SMILES string of the molecule is CC[C@@H](C)n1c(SCC(=O)N(CC)C2=CCCCC2)nc2ccccc2c1=O. The van der Waals surface area contributed by atoms with E-state index in [4.69, 9.17) is 4.98 Å². The number of benzene rings is 1. The summed E-state index contributed by atoms with van der Waals surface area (Å²) in [7, 11) is 0. The molecule has 0 aliphatic heterocycles. The number of amides is 1. The molecule has 5 nitrogen and oxygen atoms in total. The molecule has 1 heterocycles. The predicted molar refractivity (Wildman–Crippen MR) is 116 cm³/mol. The standard InChI is InChI=1S/C22H29N3O2S/c1-4-16(3)25-21(27)18-13-9-10-14-19(18)23-22(25)28-15-20(26)24(5-2)17-11-7-6-8-12-17/h9-11,13-14,16H,4-8,12,15H2,1-3H3/t16-/m1/s1. The van der Waals surface area contributed by atoms with Gasteiger partial charge in [-0.3, -0.25) is 14.2 Å². The fourth-order valence-corrected chi connectivity index (χ4v) is 4.58. The Balaban J connectivity index is 1.87. The maximum absolute atomic E-state index is 13.0. The molecule has 150 valence electrons. The average Bonchev–Trinajstić information content (AvgIpc) is 2.73. The van der Waals surface area contributed by atoms with Crippen LogP contribution in [0.1, 0.15) is 58.9 Å². The maximum Gasteiger partial charge on any atom is 0.262 e. The van der Waals surface area contributed by atoms with Crippen LogP contribution in [-0.2, 0) is 4.79 Å².